The van der Waals surface area contributed by atoms with Gasteiger partial charge >= 0.3 is 0 Å². The number of ether oxygens (including phenoxy) is 6. The molecule has 43 heavy (non-hydrogen) atoms. The lowest BCUT2D eigenvalue weighted by Gasteiger charge is -2.39. The van der Waals surface area contributed by atoms with Gasteiger partial charge in [0.15, 0.2) is 0 Å². The molecule has 0 bridgehead atoms. The van der Waals surface area contributed by atoms with Crippen LogP contribution >= 0.6 is 0 Å². The predicted molar refractivity (Wildman–Crippen MR) is 160 cm³/mol. The lowest BCUT2D eigenvalue weighted by molar-refractivity contribution is -0.768. The van der Waals surface area contributed by atoms with Crippen LogP contribution < -0.4 is 15.0 Å². The van der Waals surface area contributed by atoms with Crippen LogP contribution in [0.1, 0.15) is 36.0 Å². The number of methoxy groups -OCH3 is 2. The molecule has 2 aromatic rings. The van der Waals surface area contributed by atoms with Crippen molar-refractivity contribution >= 4 is 5.69 Å². The molecule has 2 aliphatic heterocycles. The summed E-state index contributed by atoms with van der Waals surface area (Å²) in [6.45, 7) is 8.05. The number of piperidine rings is 1. The summed E-state index contributed by atoms with van der Waals surface area (Å²) < 4.78 is 34.7. The normalized spacial score (nSPS) is 20.7. The fraction of sp³-hybridized carbons (Fsp3) is 0.613. The number of rotatable bonds is 18. The number of hydrogen-bond acceptors (Lipinski definition) is 11. The predicted octanol–water partition coefficient (Wildman–Crippen LogP) is 3.34. The molecule has 0 aliphatic carbocycles. The van der Waals surface area contributed by atoms with Crippen LogP contribution in [0.25, 0.3) is 0 Å². The van der Waals surface area contributed by atoms with E-state index >= 15 is 0 Å². The molecule has 238 valence electrons. The van der Waals surface area contributed by atoms with Crippen LogP contribution in [0.15, 0.2) is 42.5 Å². The molecule has 1 N–H and O–H groups in total. The van der Waals surface area contributed by atoms with Crippen molar-refractivity contribution < 1.29 is 38.3 Å². The smallest absolute Gasteiger partial charge is 0.294 e. The summed E-state index contributed by atoms with van der Waals surface area (Å²) in [7, 11) is 3.37. The molecule has 0 aromatic heterocycles. The highest BCUT2D eigenvalue weighted by Crippen LogP contribution is 2.34. The molecule has 0 radical (unpaired) electrons. The third kappa shape index (κ3) is 10.0. The highest BCUT2D eigenvalue weighted by Gasteiger charge is 2.36. The Morgan fingerprint density at radius 1 is 1.00 bits per heavy atom. The third-order valence-corrected chi connectivity index (χ3v) is 7.59. The first kappa shape index (κ1) is 32.9. The molecule has 1 saturated heterocycles. The van der Waals surface area contributed by atoms with Crippen molar-refractivity contribution in [1.29, 1.82) is 0 Å². The molecule has 12 heteroatoms. The largest absolute Gasteiger partial charge is 0.490 e. The second kappa shape index (κ2) is 17.3. The highest BCUT2D eigenvalue weighted by atomic mass is 17.0. The number of anilines is 1. The monoisotopic (exact) mass is 603 g/mol. The van der Waals surface area contributed by atoms with Gasteiger partial charge in [-0.15, -0.1) is 10.1 Å². The average molecular weight is 604 g/mol. The summed E-state index contributed by atoms with van der Waals surface area (Å²) in [5, 5.41) is 13.4. The van der Waals surface area contributed by atoms with Crippen LogP contribution in [0.2, 0.25) is 0 Å². The van der Waals surface area contributed by atoms with E-state index in [0.717, 1.165) is 47.6 Å². The Bertz CT molecular complexity index is 1120. The molecule has 2 heterocycles. The van der Waals surface area contributed by atoms with Gasteiger partial charge in [-0.1, -0.05) is 30.3 Å². The molecule has 2 aliphatic rings. The van der Waals surface area contributed by atoms with E-state index in [1.54, 1.807) is 21.1 Å². The van der Waals surface area contributed by atoms with Gasteiger partial charge < -0.3 is 43.5 Å². The Morgan fingerprint density at radius 3 is 2.49 bits per heavy atom. The fourth-order valence-corrected chi connectivity index (χ4v) is 5.46. The number of nitrogens with one attached hydrogen (secondary N) is 1. The van der Waals surface area contributed by atoms with E-state index in [1.165, 1.54) is 0 Å². The Kier molecular flexibility index (Phi) is 13.3. The quantitative estimate of drug-likeness (QED) is 0.153. The zero-order chi connectivity index (χ0) is 30.4. The van der Waals surface area contributed by atoms with Gasteiger partial charge in [-0.2, -0.15) is 0 Å². The first-order chi connectivity index (χ1) is 21.0. The Balaban J connectivity index is 1.47. The summed E-state index contributed by atoms with van der Waals surface area (Å²) in [5.41, 5.74) is 4.26. The maximum Gasteiger partial charge on any atom is 0.294 e. The zero-order valence-corrected chi connectivity index (χ0v) is 25.4. The second-order valence-electron chi connectivity index (χ2n) is 10.8. The Labute approximate surface area is 253 Å². The van der Waals surface area contributed by atoms with Gasteiger partial charge in [0.05, 0.1) is 57.5 Å². The molecule has 12 nitrogen and oxygen atoms in total. The van der Waals surface area contributed by atoms with Gasteiger partial charge in [0.25, 0.3) is 5.09 Å². The minimum Gasteiger partial charge on any atom is -0.490 e. The highest BCUT2D eigenvalue weighted by molar-refractivity contribution is 5.61. The van der Waals surface area contributed by atoms with Gasteiger partial charge in [-0.05, 0) is 42.2 Å². The molecule has 4 rings (SSSR count). The van der Waals surface area contributed by atoms with E-state index in [1.807, 2.05) is 12.1 Å². The molecule has 1 fully saturated rings. The maximum absolute atomic E-state index is 10.8. The van der Waals surface area contributed by atoms with Crippen LogP contribution in [-0.2, 0) is 41.7 Å². The van der Waals surface area contributed by atoms with Gasteiger partial charge in [-0.3, -0.25) is 0 Å². The molecule has 0 spiro atoms. The number of fused-ring (bicyclic) bond motifs is 1. The maximum atomic E-state index is 10.8. The van der Waals surface area contributed by atoms with Crippen molar-refractivity contribution in [3.63, 3.8) is 0 Å². The molecule has 0 amide bonds. The van der Waals surface area contributed by atoms with E-state index in [4.69, 9.17) is 28.4 Å². The minimum absolute atomic E-state index is 0.0890. The lowest BCUT2D eigenvalue weighted by Crippen LogP contribution is -2.51. The van der Waals surface area contributed by atoms with E-state index in [9.17, 15) is 10.1 Å². The second-order valence-corrected chi connectivity index (χ2v) is 10.8. The van der Waals surface area contributed by atoms with Gasteiger partial charge in [0.1, 0.15) is 18.5 Å². The molecule has 4 atom stereocenters. The van der Waals surface area contributed by atoms with E-state index in [2.05, 4.69) is 45.4 Å². The molecular formula is C31H45N3O9. The van der Waals surface area contributed by atoms with Crippen molar-refractivity contribution in [2.75, 3.05) is 78.3 Å². The average Bonchev–Trinajstić information content (AvgIpc) is 3.01. The van der Waals surface area contributed by atoms with Crippen LogP contribution in [0.5, 0.6) is 5.75 Å². The van der Waals surface area contributed by atoms with Crippen molar-refractivity contribution in [2.24, 2.45) is 0 Å². The minimum atomic E-state index is -0.785. The van der Waals surface area contributed by atoms with Crippen molar-refractivity contribution in [1.82, 2.24) is 5.32 Å². The van der Waals surface area contributed by atoms with Gasteiger partial charge in [0, 0.05) is 46.4 Å². The topological polar surface area (TPSA) is 123 Å². The zero-order valence-electron chi connectivity index (χ0n) is 25.4. The first-order valence-corrected chi connectivity index (χ1v) is 14.9. The number of hydrogen-bond donors (Lipinski definition) is 1. The summed E-state index contributed by atoms with van der Waals surface area (Å²) in [6.07, 6.45) is -0.210. The lowest BCUT2D eigenvalue weighted by atomic mass is 9.85. The Morgan fingerprint density at radius 2 is 1.74 bits per heavy atom. The Hall–Kier alpha value is -3.00. The number of benzene rings is 2. The van der Waals surface area contributed by atoms with Gasteiger partial charge in [-0.25, -0.2) is 0 Å². The van der Waals surface area contributed by atoms with Crippen LogP contribution in [0, 0.1) is 10.1 Å². The third-order valence-electron chi connectivity index (χ3n) is 7.59. The summed E-state index contributed by atoms with van der Waals surface area (Å²) >= 11 is 0. The van der Waals surface area contributed by atoms with E-state index in [0.29, 0.717) is 52.7 Å². The van der Waals surface area contributed by atoms with Crippen molar-refractivity contribution in [2.45, 2.75) is 50.8 Å². The first-order valence-electron chi connectivity index (χ1n) is 14.9. The molecule has 2 aromatic carbocycles. The van der Waals surface area contributed by atoms with E-state index in [-0.39, 0.29) is 24.7 Å². The van der Waals surface area contributed by atoms with Crippen molar-refractivity contribution in [3.05, 3.63) is 69.3 Å². The van der Waals surface area contributed by atoms with Crippen molar-refractivity contribution in [3.8, 4) is 5.75 Å². The molecular weight excluding hydrogens is 558 g/mol. The van der Waals surface area contributed by atoms with Crippen LogP contribution in [-0.4, -0.2) is 96.8 Å². The molecule has 0 unspecified atom stereocenters. The standard InChI is InChI=1S/C31H45N3O9/c1-23(43-34(35)36)20-41-29-18-32-19-30(31(29)26-8-5-24(6-9-26)21-39-16-15-38-3)42-22-25-7-10-28-27(17-25)33(12-14-40-28)11-4-13-37-2/h5-10,17,23,29-32H,4,11-16,18-22H2,1-3H3/t23-,29+,30-,31-/m0/s1. The molecule has 0 saturated carbocycles. The van der Waals surface area contributed by atoms with Crippen LogP contribution in [0.4, 0.5) is 5.69 Å². The summed E-state index contributed by atoms with van der Waals surface area (Å²) in [6, 6.07) is 14.5. The SMILES string of the molecule is COCCCN1CCOc2ccc(CO[C@H]3CNC[C@@H](OC[C@H](C)O[N+](=O)[O-])[C@@H]3c3ccc(COCCOC)cc3)cc21. The van der Waals surface area contributed by atoms with Crippen LogP contribution in [0.3, 0.4) is 0 Å². The van der Waals surface area contributed by atoms with E-state index < -0.39 is 11.2 Å². The summed E-state index contributed by atoms with van der Waals surface area (Å²) in [5.74, 6) is 0.787. The van der Waals surface area contributed by atoms with Gasteiger partial charge in [0.2, 0.25) is 0 Å². The number of nitrogens with zero attached hydrogens (tertiary/aromatic N) is 2. The fourth-order valence-electron chi connectivity index (χ4n) is 5.46. The summed E-state index contributed by atoms with van der Waals surface area (Å²) in [4.78, 5) is 17.8.